The van der Waals surface area contributed by atoms with Gasteiger partial charge in [-0.15, -0.1) is 0 Å². The van der Waals surface area contributed by atoms with Crippen LogP contribution in [0.2, 0.25) is 0 Å². The number of hydrogen-bond donors (Lipinski definition) is 1. The molecule has 0 aromatic heterocycles. The van der Waals surface area contributed by atoms with E-state index in [1.165, 1.54) is 40.9 Å². The average Bonchev–Trinajstić information content (AvgIpc) is 3.13. The van der Waals surface area contributed by atoms with Crippen molar-refractivity contribution >= 4 is 57.6 Å². The summed E-state index contributed by atoms with van der Waals surface area (Å²) < 4.78 is 24.9. The molecule has 0 bridgehead atoms. The zero-order chi connectivity index (χ0) is 25.7. The molecule has 2 amide bonds. The van der Waals surface area contributed by atoms with Gasteiger partial charge in [-0.3, -0.25) is 14.5 Å². The third-order valence-electron chi connectivity index (χ3n) is 5.14. The third kappa shape index (κ3) is 6.10. The van der Waals surface area contributed by atoms with Crippen molar-refractivity contribution in [3.05, 3.63) is 88.6 Å². The number of carbonyl (C=O) groups excluding carboxylic acids is 2. The van der Waals surface area contributed by atoms with Crippen LogP contribution in [0.4, 0.5) is 15.8 Å². The molecule has 1 aliphatic heterocycles. The SMILES string of the molecule is CCOc1cc(/C=C2\SC(=S)N(c3ccc(C)cc3)C2=O)ccc1OCC(=O)Nc1ccc(F)cc1. The first-order valence-corrected chi connectivity index (χ1v) is 12.4. The molecule has 1 fully saturated rings. The summed E-state index contributed by atoms with van der Waals surface area (Å²) in [7, 11) is 0. The largest absolute Gasteiger partial charge is 0.490 e. The highest BCUT2D eigenvalue weighted by Crippen LogP contribution is 2.37. The number of benzene rings is 3. The number of anilines is 2. The van der Waals surface area contributed by atoms with E-state index in [1.807, 2.05) is 38.1 Å². The molecular formula is C27H23FN2O4S2. The van der Waals surface area contributed by atoms with Gasteiger partial charge < -0.3 is 14.8 Å². The summed E-state index contributed by atoms with van der Waals surface area (Å²) in [5, 5.41) is 2.64. The molecule has 3 aromatic carbocycles. The summed E-state index contributed by atoms with van der Waals surface area (Å²) >= 11 is 6.69. The van der Waals surface area contributed by atoms with Gasteiger partial charge in [-0.2, -0.15) is 0 Å². The molecule has 0 radical (unpaired) electrons. The number of thiocarbonyl (C=S) groups is 1. The van der Waals surface area contributed by atoms with Crippen LogP contribution >= 0.6 is 24.0 Å². The molecule has 9 heteroatoms. The fraction of sp³-hybridized carbons (Fsp3) is 0.148. The molecule has 1 N–H and O–H groups in total. The van der Waals surface area contributed by atoms with Crippen molar-refractivity contribution in [2.24, 2.45) is 0 Å². The van der Waals surface area contributed by atoms with Gasteiger partial charge in [0, 0.05) is 5.69 Å². The molecule has 3 aromatic rings. The van der Waals surface area contributed by atoms with E-state index in [0.717, 1.165) is 16.8 Å². The zero-order valence-corrected chi connectivity index (χ0v) is 21.3. The van der Waals surface area contributed by atoms with Crippen molar-refractivity contribution < 1.29 is 23.5 Å². The number of amides is 2. The van der Waals surface area contributed by atoms with Gasteiger partial charge in [0.2, 0.25) is 0 Å². The second-order valence-electron chi connectivity index (χ2n) is 7.84. The Bertz CT molecular complexity index is 1320. The van der Waals surface area contributed by atoms with Crippen LogP contribution in [-0.4, -0.2) is 29.3 Å². The summed E-state index contributed by atoms with van der Waals surface area (Å²) in [6.45, 7) is 3.95. The molecule has 1 heterocycles. The summed E-state index contributed by atoms with van der Waals surface area (Å²) in [6.07, 6.45) is 1.75. The van der Waals surface area contributed by atoms with Crippen LogP contribution in [0.3, 0.4) is 0 Å². The summed E-state index contributed by atoms with van der Waals surface area (Å²) in [4.78, 5) is 27.3. The van der Waals surface area contributed by atoms with Gasteiger partial charge in [-0.05, 0) is 74.0 Å². The summed E-state index contributed by atoms with van der Waals surface area (Å²) in [5.41, 5.74) is 3.02. The van der Waals surface area contributed by atoms with Crippen LogP contribution in [0, 0.1) is 12.7 Å². The van der Waals surface area contributed by atoms with Crippen molar-refractivity contribution in [1.29, 1.82) is 0 Å². The number of aryl methyl sites for hydroxylation is 1. The maximum atomic E-state index is 13.1. The van der Waals surface area contributed by atoms with Crippen molar-refractivity contribution in [3.8, 4) is 11.5 Å². The molecule has 0 atom stereocenters. The minimum absolute atomic E-state index is 0.190. The monoisotopic (exact) mass is 522 g/mol. The summed E-state index contributed by atoms with van der Waals surface area (Å²) in [6, 6.07) is 18.3. The number of nitrogens with one attached hydrogen (secondary N) is 1. The molecule has 0 spiro atoms. The Morgan fingerprint density at radius 2 is 1.78 bits per heavy atom. The Hall–Kier alpha value is -3.69. The third-order valence-corrected chi connectivity index (χ3v) is 6.44. The lowest BCUT2D eigenvalue weighted by molar-refractivity contribution is -0.118. The number of thioether (sulfide) groups is 1. The van der Waals surface area contributed by atoms with Gasteiger partial charge in [0.1, 0.15) is 5.82 Å². The molecule has 1 saturated heterocycles. The van der Waals surface area contributed by atoms with Crippen LogP contribution in [0.5, 0.6) is 11.5 Å². The normalized spacial score (nSPS) is 14.3. The van der Waals surface area contributed by atoms with E-state index in [1.54, 1.807) is 24.3 Å². The van der Waals surface area contributed by atoms with Gasteiger partial charge in [-0.25, -0.2) is 4.39 Å². The minimum atomic E-state index is -0.395. The number of hydrogen-bond acceptors (Lipinski definition) is 6. The average molecular weight is 523 g/mol. The Balaban J connectivity index is 1.47. The number of halogens is 1. The van der Waals surface area contributed by atoms with Crippen LogP contribution in [0.1, 0.15) is 18.1 Å². The Morgan fingerprint density at radius 1 is 1.06 bits per heavy atom. The van der Waals surface area contributed by atoms with E-state index < -0.39 is 5.91 Å². The first-order chi connectivity index (χ1) is 17.3. The molecule has 36 heavy (non-hydrogen) atoms. The Morgan fingerprint density at radius 3 is 2.47 bits per heavy atom. The summed E-state index contributed by atoms with van der Waals surface area (Å²) in [5.74, 6) is -0.147. The van der Waals surface area contributed by atoms with E-state index in [2.05, 4.69) is 5.32 Å². The predicted octanol–water partition coefficient (Wildman–Crippen LogP) is 5.96. The van der Waals surface area contributed by atoms with E-state index in [-0.39, 0.29) is 18.3 Å². The number of carbonyl (C=O) groups is 2. The van der Waals surface area contributed by atoms with Crippen molar-refractivity contribution in [1.82, 2.24) is 0 Å². The lowest BCUT2D eigenvalue weighted by atomic mass is 10.1. The van der Waals surface area contributed by atoms with Crippen LogP contribution in [-0.2, 0) is 9.59 Å². The van der Waals surface area contributed by atoms with Crippen molar-refractivity contribution in [2.45, 2.75) is 13.8 Å². The number of rotatable bonds is 8. The molecule has 184 valence electrons. The lowest BCUT2D eigenvalue weighted by Crippen LogP contribution is -2.27. The molecule has 0 aliphatic carbocycles. The highest BCUT2D eigenvalue weighted by Gasteiger charge is 2.33. The standard InChI is InChI=1S/C27H23FN2O4S2/c1-3-33-23-14-18(6-13-22(23)34-16-25(31)29-20-9-7-19(28)8-10-20)15-24-26(32)30(27(35)36-24)21-11-4-17(2)5-12-21/h4-15H,3,16H2,1-2H3,(H,29,31)/b24-15-. The smallest absolute Gasteiger partial charge is 0.270 e. The van der Waals surface area contributed by atoms with Gasteiger partial charge in [0.15, 0.2) is 22.4 Å². The predicted molar refractivity (Wildman–Crippen MR) is 145 cm³/mol. The first-order valence-electron chi connectivity index (χ1n) is 11.1. The number of nitrogens with zero attached hydrogens (tertiary/aromatic N) is 1. The van der Waals surface area contributed by atoms with Crippen LogP contribution in [0.15, 0.2) is 71.6 Å². The van der Waals surface area contributed by atoms with Gasteiger partial charge >= 0.3 is 0 Å². The molecular weight excluding hydrogens is 499 g/mol. The topological polar surface area (TPSA) is 67.9 Å². The first kappa shape index (κ1) is 25.4. The highest BCUT2D eigenvalue weighted by molar-refractivity contribution is 8.27. The van der Waals surface area contributed by atoms with E-state index in [4.69, 9.17) is 21.7 Å². The number of ether oxygens (including phenoxy) is 2. The molecule has 0 unspecified atom stereocenters. The maximum Gasteiger partial charge on any atom is 0.270 e. The maximum absolute atomic E-state index is 13.1. The fourth-order valence-corrected chi connectivity index (χ4v) is 4.71. The van der Waals surface area contributed by atoms with E-state index in [9.17, 15) is 14.0 Å². The lowest BCUT2D eigenvalue weighted by Gasteiger charge is -2.14. The van der Waals surface area contributed by atoms with Gasteiger partial charge in [-0.1, -0.05) is 47.7 Å². The van der Waals surface area contributed by atoms with Crippen molar-refractivity contribution in [3.63, 3.8) is 0 Å². The van der Waals surface area contributed by atoms with Crippen molar-refractivity contribution in [2.75, 3.05) is 23.4 Å². The van der Waals surface area contributed by atoms with E-state index in [0.29, 0.717) is 33.0 Å². The Kier molecular flexibility index (Phi) is 8.02. The molecule has 6 nitrogen and oxygen atoms in total. The molecule has 4 rings (SSSR count). The fourth-order valence-electron chi connectivity index (χ4n) is 3.41. The van der Waals surface area contributed by atoms with Gasteiger partial charge in [0.05, 0.1) is 17.2 Å². The van der Waals surface area contributed by atoms with Crippen LogP contribution in [0.25, 0.3) is 6.08 Å². The molecule has 0 saturated carbocycles. The molecule has 1 aliphatic rings. The second kappa shape index (κ2) is 11.4. The Labute approximate surface area is 218 Å². The minimum Gasteiger partial charge on any atom is -0.490 e. The van der Waals surface area contributed by atoms with Gasteiger partial charge in [0.25, 0.3) is 11.8 Å². The second-order valence-corrected chi connectivity index (χ2v) is 9.51. The van der Waals surface area contributed by atoms with Crippen LogP contribution < -0.4 is 19.7 Å². The highest BCUT2D eigenvalue weighted by atomic mass is 32.2. The quantitative estimate of drug-likeness (QED) is 0.291. The van der Waals surface area contributed by atoms with E-state index >= 15 is 0 Å². The zero-order valence-electron chi connectivity index (χ0n) is 19.6.